The number of hydrogen-bond acceptors (Lipinski definition) is 2. The summed E-state index contributed by atoms with van der Waals surface area (Å²) >= 11 is 0. The fourth-order valence-electron chi connectivity index (χ4n) is 1.23. The second kappa shape index (κ2) is 4.06. The number of carbonyl (C=O) groups excluding carboxylic acids is 1. The minimum Gasteiger partial charge on any atom is -0.294 e. The van der Waals surface area contributed by atoms with Crippen molar-refractivity contribution in [3.8, 4) is 6.07 Å². The molecular formula is C12H13NO. The van der Waals surface area contributed by atoms with Gasteiger partial charge in [0.2, 0.25) is 0 Å². The molecule has 0 aliphatic heterocycles. The predicted octanol–water partition coefficient (Wildman–Crippen LogP) is 2.71. The van der Waals surface area contributed by atoms with Gasteiger partial charge in [-0.25, -0.2) is 0 Å². The van der Waals surface area contributed by atoms with Crippen LogP contribution in [0.2, 0.25) is 0 Å². The first-order valence-electron chi connectivity index (χ1n) is 4.61. The molecule has 0 saturated carbocycles. The van der Waals surface area contributed by atoms with Gasteiger partial charge in [-0.3, -0.25) is 4.79 Å². The Morgan fingerprint density at radius 2 is 2.07 bits per heavy atom. The Kier molecular flexibility index (Phi) is 3.03. The monoisotopic (exact) mass is 187 g/mol. The van der Waals surface area contributed by atoms with Gasteiger partial charge < -0.3 is 0 Å². The van der Waals surface area contributed by atoms with Gasteiger partial charge in [0.05, 0.1) is 11.6 Å². The van der Waals surface area contributed by atoms with E-state index in [0.29, 0.717) is 11.1 Å². The second-order valence-corrected chi connectivity index (χ2v) is 3.66. The van der Waals surface area contributed by atoms with Crippen molar-refractivity contribution >= 4 is 5.78 Å². The van der Waals surface area contributed by atoms with Crippen LogP contribution in [0.3, 0.4) is 0 Å². The summed E-state index contributed by atoms with van der Waals surface area (Å²) in [6.45, 7) is 5.57. The van der Waals surface area contributed by atoms with E-state index in [1.54, 1.807) is 12.1 Å². The Morgan fingerprint density at radius 3 is 2.57 bits per heavy atom. The van der Waals surface area contributed by atoms with Crippen molar-refractivity contribution in [1.29, 1.82) is 5.26 Å². The van der Waals surface area contributed by atoms with Crippen LogP contribution in [0.15, 0.2) is 18.2 Å². The molecule has 0 radical (unpaired) electrons. The highest BCUT2D eigenvalue weighted by Gasteiger charge is 2.11. The van der Waals surface area contributed by atoms with Crippen LogP contribution < -0.4 is 0 Å². The summed E-state index contributed by atoms with van der Waals surface area (Å²) in [5.74, 6) is 0.0609. The predicted molar refractivity (Wildman–Crippen MR) is 55.1 cm³/mol. The number of Topliss-reactive ketones (excluding diaryl/α,β-unsaturated/α-hetero) is 1. The minimum absolute atomic E-state index is 0.0238. The van der Waals surface area contributed by atoms with Gasteiger partial charge in [0, 0.05) is 11.5 Å². The average Bonchev–Trinajstić information content (AvgIpc) is 2.17. The highest BCUT2D eigenvalue weighted by Crippen LogP contribution is 2.13. The molecule has 14 heavy (non-hydrogen) atoms. The quantitative estimate of drug-likeness (QED) is 0.668. The third-order valence-electron chi connectivity index (χ3n) is 2.17. The zero-order valence-corrected chi connectivity index (χ0v) is 8.66. The SMILES string of the molecule is Cc1ccc(C(=O)C(C)C)cc1C#N. The third-order valence-corrected chi connectivity index (χ3v) is 2.17. The van der Waals surface area contributed by atoms with E-state index in [-0.39, 0.29) is 11.7 Å². The number of ketones is 1. The topological polar surface area (TPSA) is 40.9 Å². The smallest absolute Gasteiger partial charge is 0.165 e. The van der Waals surface area contributed by atoms with Gasteiger partial charge >= 0.3 is 0 Å². The number of benzene rings is 1. The minimum atomic E-state index is -0.0238. The zero-order chi connectivity index (χ0) is 10.7. The van der Waals surface area contributed by atoms with Gasteiger partial charge in [0.25, 0.3) is 0 Å². The number of carbonyl (C=O) groups is 1. The van der Waals surface area contributed by atoms with E-state index in [2.05, 4.69) is 6.07 Å². The van der Waals surface area contributed by atoms with Gasteiger partial charge in [-0.1, -0.05) is 26.0 Å². The Balaban J connectivity index is 3.15. The maximum absolute atomic E-state index is 11.6. The summed E-state index contributed by atoms with van der Waals surface area (Å²) in [6, 6.07) is 7.33. The van der Waals surface area contributed by atoms with Crippen LogP contribution >= 0.6 is 0 Å². The summed E-state index contributed by atoms with van der Waals surface area (Å²) in [5, 5.41) is 8.80. The van der Waals surface area contributed by atoms with Crippen LogP contribution in [0, 0.1) is 24.2 Å². The number of aryl methyl sites for hydroxylation is 1. The third kappa shape index (κ3) is 2.00. The van der Waals surface area contributed by atoms with Crippen LogP contribution in [0.5, 0.6) is 0 Å². The lowest BCUT2D eigenvalue weighted by Gasteiger charge is -2.05. The largest absolute Gasteiger partial charge is 0.294 e. The molecule has 0 aliphatic carbocycles. The van der Waals surface area contributed by atoms with Gasteiger partial charge in [-0.05, 0) is 18.6 Å². The molecule has 0 fully saturated rings. The average molecular weight is 187 g/mol. The molecule has 0 heterocycles. The lowest BCUT2D eigenvalue weighted by molar-refractivity contribution is 0.0939. The number of nitrogens with zero attached hydrogens (tertiary/aromatic N) is 1. The van der Waals surface area contributed by atoms with E-state index in [4.69, 9.17) is 5.26 Å². The molecule has 1 aromatic rings. The lowest BCUT2D eigenvalue weighted by Crippen LogP contribution is -2.07. The molecule has 0 bridgehead atoms. The van der Waals surface area contributed by atoms with E-state index in [9.17, 15) is 4.79 Å². The summed E-state index contributed by atoms with van der Waals surface area (Å²) in [4.78, 5) is 11.6. The highest BCUT2D eigenvalue weighted by atomic mass is 16.1. The molecule has 2 heteroatoms. The first-order valence-corrected chi connectivity index (χ1v) is 4.61. The number of nitriles is 1. The summed E-state index contributed by atoms with van der Waals surface area (Å²) in [7, 11) is 0. The molecule has 0 unspecified atom stereocenters. The molecule has 0 saturated heterocycles. The van der Waals surface area contributed by atoms with Crippen molar-refractivity contribution in [2.24, 2.45) is 5.92 Å². The second-order valence-electron chi connectivity index (χ2n) is 3.66. The van der Waals surface area contributed by atoms with Crippen molar-refractivity contribution in [1.82, 2.24) is 0 Å². The molecule has 1 aromatic carbocycles. The molecule has 0 amide bonds. The van der Waals surface area contributed by atoms with Gasteiger partial charge in [-0.15, -0.1) is 0 Å². The maximum atomic E-state index is 11.6. The molecule has 0 N–H and O–H groups in total. The summed E-state index contributed by atoms with van der Waals surface area (Å²) in [6.07, 6.45) is 0. The number of hydrogen-bond donors (Lipinski definition) is 0. The van der Waals surface area contributed by atoms with E-state index < -0.39 is 0 Å². The Labute approximate surface area is 84.2 Å². The van der Waals surface area contributed by atoms with Crippen LogP contribution in [0.4, 0.5) is 0 Å². The molecular weight excluding hydrogens is 174 g/mol. The molecule has 0 atom stereocenters. The van der Waals surface area contributed by atoms with E-state index in [0.717, 1.165) is 5.56 Å². The Morgan fingerprint density at radius 1 is 1.43 bits per heavy atom. The molecule has 1 rings (SSSR count). The van der Waals surface area contributed by atoms with Crippen LogP contribution in [0.25, 0.3) is 0 Å². The van der Waals surface area contributed by atoms with Gasteiger partial charge in [0.1, 0.15) is 0 Å². The first kappa shape index (κ1) is 10.5. The van der Waals surface area contributed by atoms with Crippen molar-refractivity contribution in [2.45, 2.75) is 20.8 Å². The highest BCUT2D eigenvalue weighted by molar-refractivity contribution is 5.97. The molecule has 0 aliphatic rings. The van der Waals surface area contributed by atoms with Crippen LogP contribution in [-0.4, -0.2) is 5.78 Å². The normalized spacial score (nSPS) is 9.93. The number of rotatable bonds is 2. The maximum Gasteiger partial charge on any atom is 0.165 e. The van der Waals surface area contributed by atoms with E-state index >= 15 is 0 Å². The van der Waals surface area contributed by atoms with Crippen LogP contribution in [0.1, 0.15) is 35.3 Å². The molecule has 0 spiro atoms. The van der Waals surface area contributed by atoms with E-state index in [1.165, 1.54) is 0 Å². The fourth-order valence-corrected chi connectivity index (χ4v) is 1.23. The molecule has 72 valence electrons. The van der Waals surface area contributed by atoms with Crippen LogP contribution in [-0.2, 0) is 0 Å². The summed E-state index contributed by atoms with van der Waals surface area (Å²) in [5.41, 5.74) is 2.12. The fraction of sp³-hybridized carbons (Fsp3) is 0.333. The van der Waals surface area contributed by atoms with E-state index in [1.807, 2.05) is 26.8 Å². The molecule has 2 nitrogen and oxygen atoms in total. The Hall–Kier alpha value is -1.62. The zero-order valence-electron chi connectivity index (χ0n) is 8.66. The Bertz CT molecular complexity index is 399. The van der Waals surface area contributed by atoms with Gasteiger partial charge in [0.15, 0.2) is 5.78 Å². The lowest BCUT2D eigenvalue weighted by atomic mass is 9.97. The summed E-state index contributed by atoms with van der Waals surface area (Å²) < 4.78 is 0. The first-order chi connectivity index (χ1) is 6.56. The van der Waals surface area contributed by atoms with Crippen molar-refractivity contribution in [2.75, 3.05) is 0 Å². The van der Waals surface area contributed by atoms with Crippen molar-refractivity contribution < 1.29 is 4.79 Å². The van der Waals surface area contributed by atoms with Crippen molar-refractivity contribution in [3.05, 3.63) is 34.9 Å². The molecule has 0 aromatic heterocycles. The van der Waals surface area contributed by atoms with Crippen molar-refractivity contribution in [3.63, 3.8) is 0 Å². The standard InChI is InChI=1S/C12H13NO/c1-8(2)12(14)10-5-4-9(3)11(6-10)7-13/h4-6,8H,1-3H3. The van der Waals surface area contributed by atoms with Gasteiger partial charge in [-0.2, -0.15) is 5.26 Å².